The molecule has 0 N–H and O–H groups in total. The van der Waals surface area contributed by atoms with Crippen LogP contribution >= 0.6 is 23.4 Å². The number of aromatic nitrogens is 2. The summed E-state index contributed by atoms with van der Waals surface area (Å²) in [5.74, 6) is 2.08. The summed E-state index contributed by atoms with van der Waals surface area (Å²) in [5, 5.41) is 9.12. The van der Waals surface area contributed by atoms with E-state index in [4.69, 9.17) is 20.8 Å². The number of benzene rings is 1. The van der Waals surface area contributed by atoms with Gasteiger partial charge in [-0.1, -0.05) is 23.4 Å². The molecule has 0 spiro atoms. The summed E-state index contributed by atoms with van der Waals surface area (Å²) < 4.78 is 11.1. The van der Waals surface area contributed by atoms with Crippen LogP contribution in [0.5, 0.6) is 5.75 Å². The lowest BCUT2D eigenvalue weighted by Gasteiger charge is -2.11. The van der Waals surface area contributed by atoms with Crippen molar-refractivity contribution in [1.82, 2.24) is 15.1 Å². The molecule has 0 radical (unpaired) electrons. The van der Waals surface area contributed by atoms with Crippen LogP contribution in [-0.4, -0.2) is 39.9 Å². The van der Waals surface area contributed by atoms with Gasteiger partial charge in [-0.25, -0.2) is 0 Å². The van der Waals surface area contributed by atoms with E-state index in [1.807, 2.05) is 12.1 Å². The van der Waals surface area contributed by atoms with Crippen molar-refractivity contribution in [3.8, 4) is 5.75 Å². The van der Waals surface area contributed by atoms with Crippen LogP contribution in [0.3, 0.4) is 0 Å². The Balaban J connectivity index is 1.40. The largest absolute Gasteiger partial charge is 0.493 e. The fourth-order valence-electron chi connectivity index (χ4n) is 2.21. The second-order valence-electron chi connectivity index (χ2n) is 5.03. The van der Waals surface area contributed by atoms with Crippen molar-refractivity contribution >= 4 is 29.3 Å². The monoisotopic (exact) mass is 353 g/mol. The molecule has 8 heteroatoms. The van der Waals surface area contributed by atoms with Gasteiger partial charge in [0.15, 0.2) is 0 Å². The summed E-state index contributed by atoms with van der Waals surface area (Å²) in [6, 6.07) is 7.22. The smallest absolute Gasteiger partial charge is 0.276 e. The minimum atomic E-state index is 0.147. The minimum Gasteiger partial charge on any atom is -0.493 e. The summed E-state index contributed by atoms with van der Waals surface area (Å²) in [6.07, 6.45) is 1.51. The lowest BCUT2D eigenvalue weighted by molar-refractivity contribution is -0.128. The third-order valence-corrected chi connectivity index (χ3v) is 4.37. The van der Waals surface area contributed by atoms with Crippen molar-refractivity contribution in [2.24, 2.45) is 0 Å². The van der Waals surface area contributed by atoms with Gasteiger partial charge in [-0.15, -0.1) is 10.2 Å². The van der Waals surface area contributed by atoms with E-state index in [9.17, 15) is 4.79 Å². The molecule has 1 saturated heterocycles. The van der Waals surface area contributed by atoms with E-state index in [0.29, 0.717) is 41.5 Å². The first-order valence-electron chi connectivity index (χ1n) is 7.32. The maximum Gasteiger partial charge on any atom is 0.276 e. The summed E-state index contributed by atoms with van der Waals surface area (Å²) in [7, 11) is 0. The number of ether oxygens (including phenoxy) is 1. The van der Waals surface area contributed by atoms with E-state index in [2.05, 4.69) is 10.2 Å². The minimum absolute atomic E-state index is 0.147. The molecule has 6 nitrogen and oxygen atoms in total. The first-order chi connectivity index (χ1) is 11.2. The van der Waals surface area contributed by atoms with Gasteiger partial charge in [0.1, 0.15) is 5.75 Å². The predicted molar refractivity (Wildman–Crippen MR) is 86.6 cm³/mol. The van der Waals surface area contributed by atoms with E-state index in [0.717, 1.165) is 18.7 Å². The number of carbonyl (C=O) groups excluding carboxylic acids is 1. The molecule has 1 aromatic carbocycles. The van der Waals surface area contributed by atoms with Crippen molar-refractivity contribution in [3.63, 3.8) is 0 Å². The van der Waals surface area contributed by atoms with E-state index in [1.54, 1.807) is 17.0 Å². The quantitative estimate of drug-likeness (QED) is 0.563. The van der Waals surface area contributed by atoms with E-state index in [-0.39, 0.29) is 5.91 Å². The molecule has 0 saturated carbocycles. The molecule has 1 aliphatic heterocycles. The van der Waals surface area contributed by atoms with Crippen molar-refractivity contribution in [2.75, 3.05) is 18.9 Å². The van der Waals surface area contributed by atoms with Crippen molar-refractivity contribution in [1.29, 1.82) is 0 Å². The van der Waals surface area contributed by atoms with Gasteiger partial charge in [0.2, 0.25) is 11.8 Å². The Hall–Kier alpha value is -1.73. The maximum absolute atomic E-state index is 11.6. The number of hydrogen-bond donors (Lipinski definition) is 0. The number of likely N-dealkylation sites (tertiary alicyclic amines) is 1. The molecule has 0 unspecified atom stereocenters. The number of thioether (sulfide) groups is 1. The zero-order valence-electron chi connectivity index (χ0n) is 12.4. The average molecular weight is 354 g/mol. The third-order valence-electron chi connectivity index (χ3n) is 3.34. The summed E-state index contributed by atoms with van der Waals surface area (Å²) in [5.41, 5.74) is 0. The molecular formula is C15H16ClN3O3S. The normalized spacial score (nSPS) is 14.5. The SMILES string of the molecule is O=C1CCCN1Cc1nnc(SCCOc2ccc(Cl)cc2)o1. The Morgan fingerprint density at radius 3 is 2.87 bits per heavy atom. The second-order valence-corrected chi connectivity index (χ2v) is 6.51. The Morgan fingerprint density at radius 1 is 1.30 bits per heavy atom. The van der Waals surface area contributed by atoms with E-state index >= 15 is 0 Å². The molecule has 0 bridgehead atoms. The predicted octanol–water partition coefficient (Wildman–Crippen LogP) is 3.02. The fourth-order valence-corrected chi connectivity index (χ4v) is 2.94. The van der Waals surface area contributed by atoms with Crippen LogP contribution in [0, 0.1) is 0 Å². The van der Waals surface area contributed by atoms with Gasteiger partial charge in [0.25, 0.3) is 5.22 Å². The number of carbonyl (C=O) groups is 1. The Bertz CT molecular complexity index is 662. The summed E-state index contributed by atoms with van der Waals surface area (Å²) in [4.78, 5) is 13.3. The maximum atomic E-state index is 11.6. The molecule has 1 fully saturated rings. The standard InChI is InChI=1S/C15H16ClN3O3S/c16-11-3-5-12(6-4-11)21-8-9-23-15-18-17-13(22-15)10-19-7-1-2-14(19)20/h3-6H,1-2,7-10H2. The molecule has 2 heterocycles. The fraction of sp³-hybridized carbons (Fsp3) is 0.400. The van der Waals surface area contributed by atoms with Gasteiger partial charge in [-0.2, -0.15) is 0 Å². The highest BCUT2D eigenvalue weighted by atomic mass is 35.5. The molecule has 2 aromatic rings. The topological polar surface area (TPSA) is 68.5 Å². The van der Waals surface area contributed by atoms with Crippen LogP contribution in [0.4, 0.5) is 0 Å². The lowest BCUT2D eigenvalue weighted by Crippen LogP contribution is -2.23. The highest BCUT2D eigenvalue weighted by Crippen LogP contribution is 2.20. The van der Waals surface area contributed by atoms with E-state index in [1.165, 1.54) is 11.8 Å². The molecule has 1 aromatic heterocycles. The first-order valence-corrected chi connectivity index (χ1v) is 8.68. The Kier molecular flexibility index (Phi) is 5.40. The number of nitrogens with zero attached hydrogens (tertiary/aromatic N) is 3. The average Bonchev–Trinajstić information content (AvgIpc) is 3.16. The molecule has 1 aliphatic rings. The first kappa shape index (κ1) is 16.1. The highest BCUT2D eigenvalue weighted by molar-refractivity contribution is 7.99. The van der Waals surface area contributed by atoms with Gasteiger partial charge in [-0.05, 0) is 30.7 Å². The van der Waals surface area contributed by atoms with Crippen LogP contribution in [0.1, 0.15) is 18.7 Å². The number of hydrogen-bond acceptors (Lipinski definition) is 6. The Morgan fingerprint density at radius 2 is 2.13 bits per heavy atom. The molecule has 122 valence electrons. The Labute approximate surface area is 143 Å². The van der Waals surface area contributed by atoms with Crippen LogP contribution in [0.15, 0.2) is 33.9 Å². The lowest BCUT2D eigenvalue weighted by atomic mass is 10.3. The van der Waals surface area contributed by atoms with Crippen LogP contribution < -0.4 is 4.74 Å². The molecule has 1 amide bonds. The molecule has 3 rings (SSSR count). The van der Waals surface area contributed by atoms with Gasteiger partial charge < -0.3 is 14.1 Å². The van der Waals surface area contributed by atoms with Gasteiger partial charge in [0.05, 0.1) is 13.2 Å². The van der Waals surface area contributed by atoms with E-state index < -0.39 is 0 Å². The summed E-state index contributed by atoms with van der Waals surface area (Å²) in [6.45, 7) is 1.68. The van der Waals surface area contributed by atoms with Crippen LogP contribution in [0.2, 0.25) is 5.02 Å². The van der Waals surface area contributed by atoms with Crippen LogP contribution in [-0.2, 0) is 11.3 Å². The number of rotatable bonds is 7. The third kappa shape index (κ3) is 4.62. The van der Waals surface area contributed by atoms with Gasteiger partial charge in [0, 0.05) is 23.7 Å². The van der Waals surface area contributed by atoms with Crippen molar-refractivity contribution < 1.29 is 13.9 Å². The van der Waals surface area contributed by atoms with Gasteiger partial charge >= 0.3 is 0 Å². The van der Waals surface area contributed by atoms with Crippen molar-refractivity contribution in [2.45, 2.75) is 24.6 Å². The van der Waals surface area contributed by atoms with Crippen LogP contribution in [0.25, 0.3) is 0 Å². The number of amides is 1. The zero-order chi connectivity index (χ0) is 16.1. The molecule has 0 atom stereocenters. The van der Waals surface area contributed by atoms with Gasteiger partial charge in [-0.3, -0.25) is 4.79 Å². The molecule has 23 heavy (non-hydrogen) atoms. The second kappa shape index (κ2) is 7.70. The molecule has 0 aliphatic carbocycles. The summed E-state index contributed by atoms with van der Waals surface area (Å²) >= 11 is 7.24. The number of halogens is 1. The zero-order valence-corrected chi connectivity index (χ0v) is 14.0. The molecular weight excluding hydrogens is 338 g/mol. The van der Waals surface area contributed by atoms with Crippen molar-refractivity contribution in [3.05, 3.63) is 35.2 Å². The highest BCUT2D eigenvalue weighted by Gasteiger charge is 2.22.